The molecule has 4 nitrogen and oxygen atoms in total. The fourth-order valence-electron chi connectivity index (χ4n) is 1.90. The van der Waals surface area contributed by atoms with E-state index in [1.807, 2.05) is 12.1 Å². The predicted octanol–water partition coefficient (Wildman–Crippen LogP) is 1.49. The van der Waals surface area contributed by atoms with Crippen molar-refractivity contribution in [3.05, 3.63) is 35.4 Å². The summed E-state index contributed by atoms with van der Waals surface area (Å²) >= 11 is 0. The largest absolute Gasteiger partial charge is 0.384 e. The van der Waals surface area contributed by atoms with Gasteiger partial charge in [-0.2, -0.15) is 0 Å². The van der Waals surface area contributed by atoms with Crippen LogP contribution in [0.25, 0.3) is 0 Å². The molecule has 1 rings (SSSR count). The van der Waals surface area contributed by atoms with Crippen LogP contribution in [0, 0.1) is 11.8 Å². The van der Waals surface area contributed by atoms with E-state index in [9.17, 15) is 4.79 Å². The van der Waals surface area contributed by atoms with Crippen LogP contribution >= 0.6 is 0 Å². The van der Waals surface area contributed by atoms with Crippen molar-refractivity contribution in [1.82, 2.24) is 10.2 Å². The van der Waals surface area contributed by atoms with Crippen LogP contribution in [0.15, 0.2) is 24.3 Å². The lowest BCUT2D eigenvalue weighted by Gasteiger charge is -2.23. The number of amides is 1. The molecule has 0 spiro atoms. The van der Waals surface area contributed by atoms with Gasteiger partial charge in [0.2, 0.25) is 0 Å². The van der Waals surface area contributed by atoms with E-state index in [4.69, 9.17) is 5.11 Å². The molecule has 0 bridgehead atoms. The maximum absolute atomic E-state index is 12.2. The molecule has 0 aliphatic rings. The van der Waals surface area contributed by atoms with E-state index >= 15 is 0 Å². The minimum atomic E-state index is -0.213. The monoisotopic (exact) mass is 288 g/mol. The summed E-state index contributed by atoms with van der Waals surface area (Å²) in [5, 5.41) is 11.7. The van der Waals surface area contributed by atoms with Crippen molar-refractivity contribution in [2.75, 3.05) is 26.7 Å². The van der Waals surface area contributed by atoms with Gasteiger partial charge in [-0.05, 0) is 32.5 Å². The highest BCUT2D eigenvalue weighted by molar-refractivity contribution is 5.96. The Bertz CT molecular complexity index is 517. The standard InChI is InChI=1S/C17H24N2O2/c1-4-14(2)19(3)12-11-18-17(21)16-10-6-5-8-15(16)9-7-13-20/h5-6,8,10,14,20H,4,11-13H2,1-3H3,(H,18,21). The molecule has 0 aliphatic heterocycles. The smallest absolute Gasteiger partial charge is 0.252 e. The lowest BCUT2D eigenvalue weighted by molar-refractivity contribution is 0.0947. The normalized spacial score (nSPS) is 11.7. The van der Waals surface area contributed by atoms with Crippen LogP contribution in [0.4, 0.5) is 0 Å². The van der Waals surface area contributed by atoms with E-state index < -0.39 is 0 Å². The van der Waals surface area contributed by atoms with Gasteiger partial charge in [0.15, 0.2) is 0 Å². The molecular formula is C17H24N2O2. The van der Waals surface area contributed by atoms with Crippen molar-refractivity contribution in [3.63, 3.8) is 0 Å². The lowest BCUT2D eigenvalue weighted by atomic mass is 10.1. The Hall–Kier alpha value is -1.83. The van der Waals surface area contributed by atoms with Gasteiger partial charge in [0.25, 0.3) is 5.91 Å². The summed E-state index contributed by atoms with van der Waals surface area (Å²) in [5.41, 5.74) is 1.18. The molecule has 1 amide bonds. The number of rotatable bonds is 6. The summed E-state index contributed by atoms with van der Waals surface area (Å²) in [5.74, 6) is 5.24. The Labute approximate surface area is 127 Å². The zero-order valence-corrected chi connectivity index (χ0v) is 13.0. The van der Waals surface area contributed by atoms with Crippen LogP contribution in [-0.2, 0) is 0 Å². The fourth-order valence-corrected chi connectivity index (χ4v) is 1.90. The first kappa shape index (κ1) is 17.2. The third-order valence-corrected chi connectivity index (χ3v) is 3.57. The number of nitrogens with one attached hydrogen (secondary N) is 1. The van der Waals surface area contributed by atoms with Crippen LogP contribution < -0.4 is 5.32 Å². The summed E-state index contributed by atoms with van der Waals surface area (Å²) in [6, 6.07) is 7.67. The molecular weight excluding hydrogens is 264 g/mol. The van der Waals surface area contributed by atoms with Gasteiger partial charge in [-0.1, -0.05) is 30.9 Å². The molecule has 21 heavy (non-hydrogen) atoms. The third-order valence-electron chi connectivity index (χ3n) is 3.57. The highest BCUT2D eigenvalue weighted by atomic mass is 16.2. The summed E-state index contributed by atoms with van der Waals surface area (Å²) in [4.78, 5) is 14.4. The molecule has 0 saturated heterocycles. The highest BCUT2D eigenvalue weighted by Crippen LogP contribution is 2.07. The molecule has 2 N–H and O–H groups in total. The number of aliphatic hydroxyl groups is 1. The average molecular weight is 288 g/mol. The number of benzene rings is 1. The van der Waals surface area contributed by atoms with E-state index in [1.165, 1.54) is 0 Å². The topological polar surface area (TPSA) is 52.6 Å². The SMILES string of the molecule is CCC(C)N(C)CCNC(=O)c1ccccc1C#CCO. The van der Waals surface area contributed by atoms with Crippen molar-refractivity contribution >= 4 is 5.91 Å². The van der Waals surface area contributed by atoms with Gasteiger partial charge in [-0.15, -0.1) is 0 Å². The second kappa shape index (κ2) is 9.17. The quantitative estimate of drug-likeness (QED) is 0.780. The van der Waals surface area contributed by atoms with Crippen molar-refractivity contribution in [2.45, 2.75) is 26.3 Å². The fraction of sp³-hybridized carbons (Fsp3) is 0.471. The summed E-state index contributed by atoms with van der Waals surface area (Å²) in [7, 11) is 2.06. The zero-order valence-electron chi connectivity index (χ0n) is 13.0. The number of nitrogens with zero attached hydrogens (tertiary/aromatic N) is 1. The Morgan fingerprint density at radius 1 is 1.43 bits per heavy atom. The van der Waals surface area contributed by atoms with Crippen molar-refractivity contribution in [1.29, 1.82) is 0 Å². The molecule has 1 aromatic rings. The minimum absolute atomic E-state index is 0.129. The maximum Gasteiger partial charge on any atom is 0.252 e. The molecule has 1 aromatic carbocycles. The third kappa shape index (κ3) is 5.58. The number of carbonyl (C=O) groups excluding carboxylic acids is 1. The van der Waals surface area contributed by atoms with E-state index in [1.54, 1.807) is 12.1 Å². The van der Waals surface area contributed by atoms with Crippen molar-refractivity contribution in [2.24, 2.45) is 0 Å². The number of aliphatic hydroxyl groups excluding tert-OH is 1. The minimum Gasteiger partial charge on any atom is -0.384 e. The van der Waals surface area contributed by atoms with E-state index in [2.05, 4.69) is 43.0 Å². The van der Waals surface area contributed by atoms with Gasteiger partial charge in [0.05, 0.1) is 5.56 Å². The van der Waals surface area contributed by atoms with Crippen LogP contribution in [0.5, 0.6) is 0 Å². The van der Waals surface area contributed by atoms with Crippen molar-refractivity contribution < 1.29 is 9.90 Å². The van der Waals surface area contributed by atoms with Gasteiger partial charge in [0, 0.05) is 24.7 Å². The first-order valence-electron chi connectivity index (χ1n) is 7.27. The molecule has 0 fully saturated rings. The van der Waals surface area contributed by atoms with Gasteiger partial charge >= 0.3 is 0 Å². The molecule has 0 saturated carbocycles. The maximum atomic E-state index is 12.2. The first-order valence-corrected chi connectivity index (χ1v) is 7.27. The first-order chi connectivity index (χ1) is 10.1. The van der Waals surface area contributed by atoms with Gasteiger partial charge < -0.3 is 15.3 Å². The molecule has 0 heterocycles. The predicted molar refractivity (Wildman–Crippen MR) is 85.1 cm³/mol. The Morgan fingerprint density at radius 3 is 2.81 bits per heavy atom. The summed E-state index contributed by atoms with van der Waals surface area (Å²) < 4.78 is 0. The van der Waals surface area contributed by atoms with E-state index in [-0.39, 0.29) is 12.5 Å². The van der Waals surface area contributed by atoms with Gasteiger partial charge in [0.1, 0.15) is 6.61 Å². The van der Waals surface area contributed by atoms with E-state index in [0.717, 1.165) is 13.0 Å². The Morgan fingerprint density at radius 2 is 2.14 bits per heavy atom. The molecule has 1 unspecified atom stereocenters. The van der Waals surface area contributed by atoms with Crippen LogP contribution in [-0.4, -0.2) is 48.7 Å². The number of hydrogen-bond donors (Lipinski definition) is 2. The summed E-state index contributed by atoms with van der Waals surface area (Å²) in [6.45, 7) is 5.51. The molecule has 0 radical (unpaired) electrons. The molecule has 1 atom stereocenters. The average Bonchev–Trinajstić information content (AvgIpc) is 2.52. The van der Waals surface area contributed by atoms with E-state index in [0.29, 0.717) is 23.7 Å². The highest BCUT2D eigenvalue weighted by Gasteiger charge is 2.10. The summed E-state index contributed by atoms with van der Waals surface area (Å²) in [6.07, 6.45) is 1.09. The van der Waals surface area contributed by atoms with Crippen LogP contribution in [0.2, 0.25) is 0 Å². The number of carbonyl (C=O) groups is 1. The molecule has 114 valence electrons. The number of hydrogen-bond acceptors (Lipinski definition) is 3. The molecule has 0 aliphatic carbocycles. The van der Waals surface area contributed by atoms with Crippen molar-refractivity contribution in [3.8, 4) is 11.8 Å². The lowest BCUT2D eigenvalue weighted by Crippen LogP contribution is -2.37. The van der Waals surface area contributed by atoms with Crippen LogP contribution in [0.1, 0.15) is 36.2 Å². The molecule has 4 heteroatoms. The number of likely N-dealkylation sites (N-methyl/N-ethyl adjacent to an activating group) is 1. The van der Waals surface area contributed by atoms with Gasteiger partial charge in [-0.3, -0.25) is 4.79 Å². The second-order valence-electron chi connectivity index (χ2n) is 5.00. The Balaban J connectivity index is 2.60. The zero-order chi connectivity index (χ0) is 15.7. The second-order valence-corrected chi connectivity index (χ2v) is 5.00. The van der Waals surface area contributed by atoms with Gasteiger partial charge in [-0.25, -0.2) is 0 Å². The Kier molecular flexibility index (Phi) is 7.52. The van der Waals surface area contributed by atoms with Crippen LogP contribution in [0.3, 0.4) is 0 Å². The molecule has 0 aromatic heterocycles.